The molecule has 29 heavy (non-hydrogen) atoms. The molecule has 0 radical (unpaired) electrons. The number of nitrogens with zero attached hydrogens (tertiary/aromatic N) is 2. The summed E-state index contributed by atoms with van der Waals surface area (Å²) in [6, 6.07) is 14.9. The molecule has 2 aromatic carbocycles. The summed E-state index contributed by atoms with van der Waals surface area (Å²) in [6.45, 7) is 7.19. The largest absolute Gasteiger partial charge is 0.622 e. The molecule has 1 aliphatic heterocycles. The zero-order valence-corrected chi connectivity index (χ0v) is 17.3. The van der Waals surface area contributed by atoms with Crippen molar-refractivity contribution in [2.24, 2.45) is 5.41 Å². The number of aromatic nitrogens is 1. The van der Waals surface area contributed by atoms with E-state index in [1.165, 1.54) is 21.8 Å². The highest BCUT2D eigenvalue weighted by molar-refractivity contribution is 6.08. The van der Waals surface area contributed by atoms with Gasteiger partial charge in [-0.15, -0.1) is 0 Å². The highest BCUT2D eigenvalue weighted by atomic mass is 16.6. The minimum absolute atomic E-state index is 0.0863. The van der Waals surface area contributed by atoms with Gasteiger partial charge < -0.3 is 19.6 Å². The lowest BCUT2D eigenvalue weighted by atomic mass is 9.88. The molecule has 0 amide bonds. The van der Waals surface area contributed by atoms with Crippen molar-refractivity contribution in [3.05, 3.63) is 59.3 Å². The summed E-state index contributed by atoms with van der Waals surface area (Å²) in [5.41, 5.74) is 3.92. The summed E-state index contributed by atoms with van der Waals surface area (Å²) in [5.74, 6) is 0. The minimum atomic E-state index is -0.570. The van der Waals surface area contributed by atoms with Gasteiger partial charge in [-0.1, -0.05) is 44.2 Å². The lowest BCUT2D eigenvalue weighted by Crippen LogP contribution is -2.34. The average molecular weight is 392 g/mol. The van der Waals surface area contributed by atoms with E-state index in [4.69, 9.17) is 9.84 Å². The van der Waals surface area contributed by atoms with Gasteiger partial charge >= 0.3 is 0 Å². The number of rotatable bonds is 6. The summed E-state index contributed by atoms with van der Waals surface area (Å²) in [7, 11) is 0. The molecule has 5 nitrogen and oxygen atoms in total. The Morgan fingerprint density at radius 2 is 1.93 bits per heavy atom. The maximum absolute atomic E-state index is 12.7. The second-order valence-corrected chi connectivity index (χ2v) is 8.30. The second-order valence-electron chi connectivity index (χ2n) is 8.30. The van der Waals surface area contributed by atoms with Gasteiger partial charge in [0, 0.05) is 40.8 Å². The van der Waals surface area contributed by atoms with Crippen molar-refractivity contribution in [1.29, 1.82) is 0 Å². The highest BCUT2D eigenvalue weighted by Gasteiger charge is 2.45. The fourth-order valence-electron chi connectivity index (χ4n) is 4.39. The van der Waals surface area contributed by atoms with E-state index in [1.54, 1.807) is 0 Å². The van der Waals surface area contributed by atoms with E-state index in [1.807, 2.05) is 26.0 Å². The number of aliphatic hydroxyl groups excluding tert-OH is 1. The van der Waals surface area contributed by atoms with E-state index in [9.17, 15) is 5.21 Å². The third-order valence-electron chi connectivity index (χ3n) is 5.75. The van der Waals surface area contributed by atoms with Crippen molar-refractivity contribution in [3.8, 4) is 0 Å². The number of para-hydroxylation sites is 1. The lowest BCUT2D eigenvalue weighted by Gasteiger charge is -2.23. The van der Waals surface area contributed by atoms with E-state index < -0.39 is 6.23 Å². The predicted octanol–water partition coefficient (Wildman–Crippen LogP) is 4.54. The van der Waals surface area contributed by atoms with Crippen LogP contribution in [0.15, 0.2) is 48.5 Å². The maximum Gasteiger partial charge on any atom is 0.273 e. The third kappa shape index (κ3) is 3.45. The van der Waals surface area contributed by atoms with E-state index in [2.05, 4.69) is 54.0 Å². The van der Waals surface area contributed by atoms with Crippen LogP contribution in [-0.4, -0.2) is 39.6 Å². The molecule has 1 atom stereocenters. The quantitative estimate of drug-likeness (QED) is 0.495. The number of allylic oxidation sites excluding steroid dienone is 1. The van der Waals surface area contributed by atoms with Crippen LogP contribution in [0.2, 0.25) is 0 Å². The van der Waals surface area contributed by atoms with Crippen LogP contribution in [0.1, 0.15) is 32.8 Å². The smallest absolute Gasteiger partial charge is 0.273 e. The first-order valence-corrected chi connectivity index (χ1v) is 10.2. The van der Waals surface area contributed by atoms with Gasteiger partial charge in [0.25, 0.3) is 6.23 Å². The summed E-state index contributed by atoms with van der Waals surface area (Å²) >= 11 is 0. The third-order valence-corrected chi connectivity index (χ3v) is 5.75. The number of hydroxylamine groups is 1. The highest BCUT2D eigenvalue weighted by Crippen LogP contribution is 2.35. The van der Waals surface area contributed by atoms with Crippen LogP contribution in [0.3, 0.4) is 0 Å². The molecule has 2 heterocycles. The average Bonchev–Trinajstić information content (AvgIpc) is 3.14. The number of hydrogen-bond acceptors (Lipinski definition) is 3. The molecule has 0 saturated carbocycles. The molecule has 1 N–H and O–H groups in total. The number of benzene rings is 2. The summed E-state index contributed by atoms with van der Waals surface area (Å²) in [4.78, 5) is 0. The van der Waals surface area contributed by atoms with E-state index in [-0.39, 0.29) is 18.6 Å². The van der Waals surface area contributed by atoms with Gasteiger partial charge in [0.2, 0.25) is 0 Å². The van der Waals surface area contributed by atoms with Crippen molar-refractivity contribution in [2.45, 2.75) is 40.0 Å². The van der Waals surface area contributed by atoms with E-state index >= 15 is 0 Å². The Balaban J connectivity index is 1.68. The van der Waals surface area contributed by atoms with Crippen LogP contribution in [0, 0.1) is 10.6 Å². The van der Waals surface area contributed by atoms with Crippen molar-refractivity contribution in [2.75, 3.05) is 13.2 Å². The molecular weight excluding hydrogens is 364 g/mol. The Labute approximate surface area is 171 Å². The number of fused-ring (bicyclic) bond motifs is 3. The molecule has 4 rings (SSSR count). The fourth-order valence-corrected chi connectivity index (χ4v) is 4.39. The van der Waals surface area contributed by atoms with E-state index in [0.29, 0.717) is 12.1 Å². The van der Waals surface area contributed by atoms with Crippen LogP contribution >= 0.6 is 0 Å². The Morgan fingerprint density at radius 1 is 1.17 bits per heavy atom. The zero-order valence-electron chi connectivity index (χ0n) is 17.3. The molecule has 0 saturated heterocycles. The molecule has 5 heteroatoms. The lowest BCUT2D eigenvalue weighted by molar-refractivity contribution is -0.564. The van der Waals surface area contributed by atoms with E-state index in [0.717, 1.165) is 16.8 Å². The van der Waals surface area contributed by atoms with Gasteiger partial charge in [0.05, 0.1) is 18.6 Å². The molecule has 0 fully saturated rings. The first kappa shape index (κ1) is 19.7. The topological polar surface area (TPSA) is 60.5 Å². The van der Waals surface area contributed by atoms with Gasteiger partial charge in [-0.05, 0) is 30.7 Å². The fraction of sp³-hybridized carbons (Fsp3) is 0.375. The van der Waals surface area contributed by atoms with Gasteiger partial charge in [0.15, 0.2) is 5.71 Å². The van der Waals surface area contributed by atoms with Crippen LogP contribution in [0.4, 0.5) is 0 Å². The predicted molar refractivity (Wildman–Crippen MR) is 118 cm³/mol. The van der Waals surface area contributed by atoms with Crippen LogP contribution in [0.5, 0.6) is 0 Å². The molecule has 152 valence electrons. The van der Waals surface area contributed by atoms with Crippen molar-refractivity contribution < 1.29 is 14.6 Å². The standard InChI is InChI=1S/C24H28N2O3/c1-4-25-21-8-6-5-7-19(21)20-12-10-17(15-22(20)25)9-11-18-16-24(2,3)23(26(18)28)29-14-13-27/h5-12,15,23,27H,4,13-14,16H2,1-3H3/b11-9+. The monoisotopic (exact) mass is 392 g/mol. The second kappa shape index (κ2) is 7.65. The van der Waals surface area contributed by atoms with Gasteiger partial charge in [0.1, 0.15) is 0 Å². The van der Waals surface area contributed by atoms with Crippen molar-refractivity contribution >= 4 is 33.6 Å². The van der Waals surface area contributed by atoms with Crippen molar-refractivity contribution in [1.82, 2.24) is 4.57 Å². The number of ether oxygens (including phenoxy) is 1. The first-order chi connectivity index (χ1) is 14.0. The van der Waals surface area contributed by atoms with Crippen LogP contribution in [0.25, 0.3) is 27.9 Å². The molecule has 1 aliphatic rings. The normalized spacial score (nSPS) is 19.2. The maximum atomic E-state index is 12.7. The molecular formula is C24H28N2O3. The zero-order chi connectivity index (χ0) is 20.6. The Morgan fingerprint density at radius 3 is 2.69 bits per heavy atom. The summed E-state index contributed by atoms with van der Waals surface area (Å²) < 4.78 is 8.87. The van der Waals surface area contributed by atoms with Crippen molar-refractivity contribution in [3.63, 3.8) is 0 Å². The molecule has 1 aromatic heterocycles. The Bertz CT molecular complexity index is 1110. The van der Waals surface area contributed by atoms with Gasteiger partial charge in [-0.25, -0.2) is 0 Å². The summed E-state index contributed by atoms with van der Waals surface area (Å²) in [5, 5.41) is 24.2. The van der Waals surface area contributed by atoms with Gasteiger partial charge in [-0.2, -0.15) is 4.74 Å². The first-order valence-electron chi connectivity index (χ1n) is 10.2. The Hall–Kier alpha value is -2.63. The molecule has 1 unspecified atom stereocenters. The molecule has 0 bridgehead atoms. The molecule has 3 aromatic rings. The number of hydrogen-bond donors (Lipinski definition) is 1. The summed E-state index contributed by atoms with van der Waals surface area (Å²) in [6.07, 6.45) is 3.97. The van der Waals surface area contributed by atoms with Crippen LogP contribution in [-0.2, 0) is 11.3 Å². The number of aliphatic hydroxyl groups is 1. The molecule has 0 spiro atoms. The minimum Gasteiger partial charge on any atom is -0.622 e. The SMILES string of the molecule is CCn1c2ccccc2c2ccc(/C=C/C3=[N+]([O-])C(OCCO)C(C)(C)C3)cc21. The number of aryl methyl sites for hydroxylation is 1. The molecule has 0 aliphatic carbocycles. The Kier molecular flexibility index (Phi) is 5.19. The van der Waals surface area contributed by atoms with Gasteiger partial charge in [-0.3, -0.25) is 0 Å². The van der Waals surface area contributed by atoms with Crippen LogP contribution < -0.4 is 0 Å².